The van der Waals surface area contributed by atoms with Gasteiger partial charge in [0.25, 0.3) is 5.91 Å². The summed E-state index contributed by atoms with van der Waals surface area (Å²) in [4.78, 5) is 29.4. The normalized spacial score (nSPS) is 17.7. The van der Waals surface area contributed by atoms with Crippen LogP contribution in [0.3, 0.4) is 0 Å². The summed E-state index contributed by atoms with van der Waals surface area (Å²) >= 11 is 7.30. The van der Waals surface area contributed by atoms with Crippen LogP contribution in [-0.2, 0) is 4.79 Å². The van der Waals surface area contributed by atoms with E-state index in [-0.39, 0.29) is 11.6 Å². The molecule has 7 heteroatoms. The van der Waals surface area contributed by atoms with E-state index in [2.05, 4.69) is 4.98 Å². The van der Waals surface area contributed by atoms with Gasteiger partial charge in [-0.2, -0.15) is 0 Å². The van der Waals surface area contributed by atoms with Gasteiger partial charge in [-0.1, -0.05) is 23.7 Å². The van der Waals surface area contributed by atoms with Crippen LogP contribution in [0.2, 0.25) is 5.02 Å². The monoisotopic (exact) mass is 336 g/mol. The molecule has 0 bridgehead atoms. The third-order valence-corrected chi connectivity index (χ3v) is 4.72. The Balaban J connectivity index is 1.84. The third kappa shape index (κ3) is 2.84. The van der Waals surface area contributed by atoms with E-state index < -0.39 is 12.0 Å². The van der Waals surface area contributed by atoms with Gasteiger partial charge in [0.15, 0.2) is 0 Å². The zero-order valence-electron chi connectivity index (χ0n) is 11.5. The Hall–Kier alpha value is -1.92. The minimum atomic E-state index is -0.962. The fraction of sp³-hybridized carbons (Fsp3) is 0.267. The number of aliphatic carboxylic acids is 1. The number of carbonyl (C=O) groups is 2. The van der Waals surface area contributed by atoms with Crippen molar-refractivity contribution in [2.75, 3.05) is 6.54 Å². The first-order chi connectivity index (χ1) is 10.6. The van der Waals surface area contributed by atoms with Crippen molar-refractivity contribution >= 4 is 34.8 Å². The van der Waals surface area contributed by atoms with Gasteiger partial charge >= 0.3 is 5.97 Å². The fourth-order valence-electron chi connectivity index (χ4n) is 2.54. The van der Waals surface area contributed by atoms with Crippen molar-refractivity contribution in [3.8, 4) is 10.6 Å². The molecule has 1 amide bonds. The molecule has 1 fully saturated rings. The molecular formula is C15H13ClN2O3S. The Morgan fingerprint density at radius 2 is 2.23 bits per heavy atom. The maximum Gasteiger partial charge on any atom is 0.326 e. The summed E-state index contributed by atoms with van der Waals surface area (Å²) in [6.45, 7) is 0.458. The first-order valence-electron chi connectivity index (χ1n) is 6.81. The number of carboxylic acid groups (broad SMARTS) is 1. The molecule has 1 N–H and O–H groups in total. The van der Waals surface area contributed by atoms with Gasteiger partial charge < -0.3 is 10.0 Å². The zero-order valence-corrected chi connectivity index (χ0v) is 13.1. The topological polar surface area (TPSA) is 70.5 Å². The molecule has 1 aromatic carbocycles. The summed E-state index contributed by atoms with van der Waals surface area (Å²) in [7, 11) is 0. The molecule has 114 valence electrons. The molecule has 22 heavy (non-hydrogen) atoms. The second kappa shape index (κ2) is 6.06. The van der Waals surface area contributed by atoms with Crippen LogP contribution in [-0.4, -0.2) is 39.5 Å². The standard InChI is InChI=1S/C15H13ClN2O3S/c16-10-4-1-3-9(7-10)13-17-11(8-22-13)14(19)18-6-2-5-12(18)15(20)21/h1,3-4,7-8,12H,2,5-6H2,(H,20,21)/t12-/m1/s1. The van der Waals surface area contributed by atoms with Crippen molar-refractivity contribution in [1.29, 1.82) is 0 Å². The van der Waals surface area contributed by atoms with Crippen molar-refractivity contribution in [2.45, 2.75) is 18.9 Å². The molecule has 2 aromatic rings. The lowest BCUT2D eigenvalue weighted by molar-refractivity contribution is -0.141. The van der Waals surface area contributed by atoms with Crippen molar-refractivity contribution in [2.24, 2.45) is 0 Å². The summed E-state index contributed by atoms with van der Waals surface area (Å²) in [6, 6.07) is 6.50. The molecule has 0 aliphatic carbocycles. The number of carbonyl (C=O) groups excluding carboxylic acids is 1. The Morgan fingerprint density at radius 3 is 2.95 bits per heavy atom. The molecule has 5 nitrogen and oxygen atoms in total. The summed E-state index contributed by atoms with van der Waals surface area (Å²) in [5, 5.41) is 12.1. The second-order valence-electron chi connectivity index (χ2n) is 5.04. The van der Waals surface area contributed by atoms with E-state index in [1.54, 1.807) is 17.5 Å². The van der Waals surface area contributed by atoms with Crippen molar-refractivity contribution in [3.05, 3.63) is 40.4 Å². The average molecular weight is 337 g/mol. The van der Waals surface area contributed by atoms with Crippen LogP contribution < -0.4 is 0 Å². The van der Waals surface area contributed by atoms with Crippen molar-refractivity contribution in [1.82, 2.24) is 9.88 Å². The quantitative estimate of drug-likeness (QED) is 0.934. The van der Waals surface area contributed by atoms with Crippen LogP contribution in [0.1, 0.15) is 23.3 Å². The van der Waals surface area contributed by atoms with Gasteiger partial charge in [-0.15, -0.1) is 11.3 Å². The number of hydrogen-bond donors (Lipinski definition) is 1. The van der Waals surface area contributed by atoms with Crippen LogP contribution in [0.25, 0.3) is 10.6 Å². The maximum absolute atomic E-state index is 12.5. The highest BCUT2D eigenvalue weighted by Gasteiger charge is 2.35. The number of halogens is 1. The number of aromatic nitrogens is 1. The number of amides is 1. The van der Waals surface area contributed by atoms with E-state index in [0.29, 0.717) is 29.4 Å². The SMILES string of the molecule is O=C(O)[C@H]1CCCN1C(=O)c1csc(-c2cccc(Cl)c2)n1. The first kappa shape index (κ1) is 15.0. The summed E-state index contributed by atoms with van der Waals surface area (Å²) < 4.78 is 0. The van der Waals surface area contributed by atoms with Gasteiger partial charge in [-0.05, 0) is 25.0 Å². The summed E-state index contributed by atoms with van der Waals surface area (Å²) in [5.41, 5.74) is 1.13. The second-order valence-corrected chi connectivity index (χ2v) is 6.34. The van der Waals surface area contributed by atoms with Crippen LogP contribution in [0.15, 0.2) is 29.6 Å². The van der Waals surface area contributed by atoms with Crippen LogP contribution in [0.4, 0.5) is 0 Å². The fourth-order valence-corrected chi connectivity index (χ4v) is 3.52. The van der Waals surface area contributed by atoms with Crippen molar-refractivity contribution < 1.29 is 14.7 Å². The number of benzene rings is 1. The minimum absolute atomic E-state index is 0.285. The van der Waals surface area contributed by atoms with Crippen molar-refractivity contribution in [3.63, 3.8) is 0 Å². The minimum Gasteiger partial charge on any atom is -0.480 e. The van der Waals surface area contributed by atoms with Crippen LogP contribution in [0, 0.1) is 0 Å². The van der Waals surface area contributed by atoms with E-state index in [1.807, 2.05) is 12.1 Å². The molecule has 0 saturated carbocycles. The molecule has 0 unspecified atom stereocenters. The van der Waals surface area contributed by atoms with E-state index in [4.69, 9.17) is 16.7 Å². The Kier molecular flexibility index (Phi) is 4.13. The Morgan fingerprint density at radius 1 is 1.41 bits per heavy atom. The van der Waals surface area contributed by atoms with E-state index in [0.717, 1.165) is 5.56 Å². The molecule has 2 heterocycles. The lowest BCUT2D eigenvalue weighted by atomic mass is 10.2. The summed E-state index contributed by atoms with van der Waals surface area (Å²) in [5.74, 6) is -1.29. The Bertz CT molecular complexity index is 731. The van der Waals surface area contributed by atoms with E-state index in [1.165, 1.54) is 16.2 Å². The molecule has 1 saturated heterocycles. The largest absolute Gasteiger partial charge is 0.480 e. The van der Waals surface area contributed by atoms with Gasteiger partial charge in [-0.3, -0.25) is 4.79 Å². The lowest BCUT2D eigenvalue weighted by Gasteiger charge is -2.20. The van der Waals surface area contributed by atoms with Gasteiger partial charge in [0.05, 0.1) is 0 Å². The molecule has 0 spiro atoms. The highest BCUT2D eigenvalue weighted by atomic mass is 35.5. The molecule has 0 radical (unpaired) electrons. The zero-order chi connectivity index (χ0) is 15.7. The molecule has 1 aliphatic heterocycles. The molecule has 1 atom stereocenters. The van der Waals surface area contributed by atoms with E-state index >= 15 is 0 Å². The third-order valence-electron chi connectivity index (χ3n) is 3.59. The number of thiazole rings is 1. The van der Waals surface area contributed by atoms with Gasteiger partial charge in [0, 0.05) is 22.5 Å². The predicted molar refractivity (Wildman–Crippen MR) is 84.3 cm³/mol. The number of carboxylic acids is 1. The maximum atomic E-state index is 12.5. The lowest BCUT2D eigenvalue weighted by Crippen LogP contribution is -2.40. The van der Waals surface area contributed by atoms with Gasteiger partial charge in [0.2, 0.25) is 0 Å². The van der Waals surface area contributed by atoms with Crippen LogP contribution >= 0.6 is 22.9 Å². The number of hydrogen-bond acceptors (Lipinski definition) is 4. The Labute approximate surface area is 136 Å². The number of nitrogens with zero attached hydrogens (tertiary/aromatic N) is 2. The predicted octanol–water partition coefficient (Wildman–Crippen LogP) is 3.15. The molecule has 1 aliphatic rings. The van der Waals surface area contributed by atoms with Gasteiger partial charge in [-0.25, -0.2) is 9.78 Å². The number of likely N-dealkylation sites (tertiary alicyclic amines) is 1. The molecular weight excluding hydrogens is 324 g/mol. The first-order valence-corrected chi connectivity index (χ1v) is 8.07. The summed E-state index contributed by atoms with van der Waals surface area (Å²) in [6.07, 6.45) is 1.19. The van der Waals surface area contributed by atoms with Gasteiger partial charge in [0.1, 0.15) is 16.7 Å². The van der Waals surface area contributed by atoms with E-state index in [9.17, 15) is 9.59 Å². The number of rotatable bonds is 3. The van der Waals surface area contributed by atoms with Crippen LogP contribution in [0.5, 0.6) is 0 Å². The smallest absolute Gasteiger partial charge is 0.326 e. The molecule has 3 rings (SSSR count). The molecule has 1 aromatic heterocycles. The highest BCUT2D eigenvalue weighted by molar-refractivity contribution is 7.13. The highest BCUT2D eigenvalue weighted by Crippen LogP contribution is 2.27. The average Bonchev–Trinajstić information content (AvgIpc) is 3.16.